The SMILES string of the molecule is CCCCNC(=O)C(=O)N/N=C\c1cc(Cl)c(O)c(OCC)c1. The number of halogens is 1. The standard InChI is InChI=1S/C15H20ClN3O4/c1-3-5-6-17-14(21)15(22)19-18-9-10-7-11(16)13(20)12(8-10)23-4-2/h7-9,20H,3-6H2,1-2H3,(H,17,21)(H,19,22)/b18-9-. The van der Waals surface area contributed by atoms with Gasteiger partial charge < -0.3 is 15.2 Å². The minimum Gasteiger partial charge on any atom is -0.503 e. The van der Waals surface area contributed by atoms with Crippen LogP contribution in [0.2, 0.25) is 5.02 Å². The minimum absolute atomic E-state index is 0.0982. The number of ether oxygens (including phenoxy) is 1. The van der Waals surface area contributed by atoms with Gasteiger partial charge in [0.2, 0.25) is 0 Å². The number of nitrogens with one attached hydrogen (secondary N) is 2. The number of amides is 2. The number of unbranched alkanes of at least 4 members (excludes halogenated alkanes) is 1. The molecule has 0 aliphatic rings. The van der Waals surface area contributed by atoms with Crippen molar-refractivity contribution in [1.82, 2.24) is 10.7 Å². The molecule has 0 aliphatic heterocycles. The Hall–Kier alpha value is -2.28. The lowest BCUT2D eigenvalue weighted by Crippen LogP contribution is -2.38. The van der Waals surface area contributed by atoms with Crippen molar-refractivity contribution in [2.24, 2.45) is 5.10 Å². The van der Waals surface area contributed by atoms with Crippen molar-refractivity contribution in [2.75, 3.05) is 13.2 Å². The highest BCUT2D eigenvalue weighted by Gasteiger charge is 2.11. The van der Waals surface area contributed by atoms with E-state index >= 15 is 0 Å². The Morgan fingerprint density at radius 1 is 1.35 bits per heavy atom. The van der Waals surface area contributed by atoms with Crippen LogP contribution in [0.3, 0.4) is 0 Å². The molecule has 2 amide bonds. The maximum atomic E-state index is 11.5. The zero-order valence-corrected chi connectivity index (χ0v) is 13.8. The number of benzene rings is 1. The number of hydrogen-bond donors (Lipinski definition) is 3. The van der Waals surface area contributed by atoms with Crippen LogP contribution in [0.1, 0.15) is 32.3 Å². The lowest BCUT2D eigenvalue weighted by atomic mass is 10.2. The quantitative estimate of drug-likeness (QED) is 0.305. The molecule has 0 saturated heterocycles. The van der Waals surface area contributed by atoms with Crippen LogP contribution in [0.4, 0.5) is 0 Å². The van der Waals surface area contributed by atoms with E-state index in [9.17, 15) is 14.7 Å². The molecule has 3 N–H and O–H groups in total. The number of carbonyl (C=O) groups excluding carboxylic acids is 2. The predicted molar refractivity (Wildman–Crippen MR) is 87.9 cm³/mol. The van der Waals surface area contributed by atoms with E-state index in [1.165, 1.54) is 18.3 Å². The molecule has 0 atom stereocenters. The molecule has 0 radical (unpaired) electrons. The van der Waals surface area contributed by atoms with Crippen LogP contribution in [0.5, 0.6) is 11.5 Å². The zero-order chi connectivity index (χ0) is 17.2. The molecule has 0 heterocycles. The molecule has 0 spiro atoms. The molecule has 1 aromatic rings. The van der Waals surface area contributed by atoms with Crippen LogP contribution in [0.25, 0.3) is 0 Å². The van der Waals surface area contributed by atoms with Crippen LogP contribution >= 0.6 is 11.6 Å². The highest BCUT2D eigenvalue weighted by atomic mass is 35.5. The Bertz CT molecular complexity index is 590. The van der Waals surface area contributed by atoms with E-state index in [0.29, 0.717) is 18.7 Å². The van der Waals surface area contributed by atoms with Crippen molar-refractivity contribution >= 4 is 29.6 Å². The summed E-state index contributed by atoms with van der Waals surface area (Å²) >= 11 is 5.87. The van der Waals surface area contributed by atoms with Gasteiger partial charge in [0.15, 0.2) is 11.5 Å². The second-order valence-electron chi connectivity index (χ2n) is 4.59. The molecule has 0 fully saturated rings. The van der Waals surface area contributed by atoms with Crippen LogP contribution in [0.15, 0.2) is 17.2 Å². The first-order valence-corrected chi connectivity index (χ1v) is 7.63. The Balaban J connectivity index is 2.64. The number of carbonyl (C=O) groups is 2. The topological polar surface area (TPSA) is 100 Å². The molecule has 0 unspecified atom stereocenters. The number of hydrogen-bond acceptors (Lipinski definition) is 5. The van der Waals surface area contributed by atoms with E-state index in [1.54, 1.807) is 6.92 Å². The van der Waals surface area contributed by atoms with Crippen molar-refractivity contribution in [3.63, 3.8) is 0 Å². The first-order valence-electron chi connectivity index (χ1n) is 7.26. The Kier molecular flexibility index (Phi) is 7.90. The second kappa shape index (κ2) is 9.68. The smallest absolute Gasteiger partial charge is 0.329 e. The third-order valence-corrected chi connectivity index (χ3v) is 3.04. The molecule has 0 aliphatic carbocycles. The highest BCUT2D eigenvalue weighted by Crippen LogP contribution is 2.34. The van der Waals surface area contributed by atoms with E-state index in [-0.39, 0.29) is 16.5 Å². The van der Waals surface area contributed by atoms with E-state index in [0.717, 1.165) is 12.8 Å². The summed E-state index contributed by atoms with van der Waals surface area (Å²) in [6, 6.07) is 2.97. The average molecular weight is 342 g/mol. The minimum atomic E-state index is -0.854. The predicted octanol–water partition coefficient (Wildman–Crippen LogP) is 1.81. The monoisotopic (exact) mass is 341 g/mol. The van der Waals surface area contributed by atoms with Crippen LogP contribution in [-0.2, 0) is 9.59 Å². The molecule has 126 valence electrons. The summed E-state index contributed by atoms with van der Waals surface area (Å²) in [5.41, 5.74) is 2.62. The van der Waals surface area contributed by atoms with Gasteiger partial charge in [-0.15, -0.1) is 0 Å². The van der Waals surface area contributed by atoms with Gasteiger partial charge >= 0.3 is 11.8 Å². The summed E-state index contributed by atoms with van der Waals surface area (Å²) < 4.78 is 5.23. The van der Waals surface area contributed by atoms with Gasteiger partial charge in [-0.05, 0) is 31.0 Å². The second-order valence-corrected chi connectivity index (χ2v) is 5.00. The number of phenols is 1. The Labute approximate surface area is 139 Å². The van der Waals surface area contributed by atoms with Crippen LogP contribution in [0, 0.1) is 0 Å². The van der Waals surface area contributed by atoms with Gasteiger partial charge in [0, 0.05) is 6.54 Å². The van der Waals surface area contributed by atoms with Gasteiger partial charge in [-0.2, -0.15) is 5.10 Å². The summed E-state index contributed by atoms with van der Waals surface area (Å²) in [6.45, 7) is 4.55. The molecule has 0 aromatic heterocycles. The molecule has 0 bridgehead atoms. The molecule has 8 heteroatoms. The summed E-state index contributed by atoms with van der Waals surface area (Å²) in [5, 5.41) is 16.0. The third kappa shape index (κ3) is 6.15. The van der Waals surface area contributed by atoms with Gasteiger partial charge in [0.25, 0.3) is 0 Å². The lowest BCUT2D eigenvalue weighted by Gasteiger charge is -2.08. The van der Waals surface area contributed by atoms with E-state index in [2.05, 4.69) is 15.8 Å². The summed E-state index contributed by atoms with van der Waals surface area (Å²) in [4.78, 5) is 22.9. The number of phenolic OH excluding ortho intramolecular Hbond substituents is 1. The van der Waals surface area contributed by atoms with Gasteiger partial charge in [-0.3, -0.25) is 9.59 Å². The first-order chi connectivity index (χ1) is 11.0. The van der Waals surface area contributed by atoms with Gasteiger partial charge in [-0.1, -0.05) is 24.9 Å². The molecule has 0 saturated carbocycles. The Morgan fingerprint density at radius 3 is 2.74 bits per heavy atom. The lowest BCUT2D eigenvalue weighted by molar-refractivity contribution is -0.139. The number of nitrogens with zero attached hydrogens (tertiary/aromatic N) is 1. The fourth-order valence-corrected chi connectivity index (χ4v) is 1.83. The van der Waals surface area contributed by atoms with Crippen molar-refractivity contribution in [3.8, 4) is 11.5 Å². The summed E-state index contributed by atoms with van der Waals surface area (Å²) in [6.07, 6.45) is 3.02. The van der Waals surface area contributed by atoms with Gasteiger partial charge in [0.1, 0.15) is 0 Å². The fraction of sp³-hybridized carbons (Fsp3) is 0.400. The van der Waals surface area contributed by atoms with E-state index < -0.39 is 11.8 Å². The molecular weight excluding hydrogens is 322 g/mol. The molecule has 23 heavy (non-hydrogen) atoms. The number of aromatic hydroxyl groups is 1. The maximum Gasteiger partial charge on any atom is 0.329 e. The fourth-order valence-electron chi connectivity index (χ4n) is 1.61. The van der Waals surface area contributed by atoms with E-state index in [1.807, 2.05) is 6.92 Å². The molecular formula is C15H20ClN3O4. The third-order valence-electron chi connectivity index (χ3n) is 2.75. The molecule has 1 rings (SSSR count). The zero-order valence-electron chi connectivity index (χ0n) is 13.1. The van der Waals surface area contributed by atoms with Gasteiger partial charge in [-0.25, -0.2) is 5.43 Å². The Morgan fingerprint density at radius 2 is 2.09 bits per heavy atom. The van der Waals surface area contributed by atoms with Gasteiger partial charge in [0.05, 0.1) is 17.8 Å². The van der Waals surface area contributed by atoms with Crippen molar-refractivity contribution in [2.45, 2.75) is 26.7 Å². The van der Waals surface area contributed by atoms with Crippen LogP contribution in [-0.4, -0.2) is 36.3 Å². The summed E-state index contributed by atoms with van der Waals surface area (Å²) in [7, 11) is 0. The van der Waals surface area contributed by atoms with Crippen molar-refractivity contribution < 1.29 is 19.4 Å². The molecule has 1 aromatic carbocycles. The van der Waals surface area contributed by atoms with E-state index in [4.69, 9.17) is 16.3 Å². The normalized spacial score (nSPS) is 10.6. The van der Waals surface area contributed by atoms with Crippen LogP contribution < -0.4 is 15.5 Å². The maximum absolute atomic E-state index is 11.5. The number of hydrazone groups is 1. The molecule has 7 nitrogen and oxygen atoms in total. The average Bonchev–Trinajstić information content (AvgIpc) is 2.52. The van der Waals surface area contributed by atoms with Crippen molar-refractivity contribution in [3.05, 3.63) is 22.7 Å². The highest BCUT2D eigenvalue weighted by molar-refractivity contribution is 6.35. The largest absolute Gasteiger partial charge is 0.503 e. The van der Waals surface area contributed by atoms with Crippen molar-refractivity contribution in [1.29, 1.82) is 0 Å². The summed E-state index contributed by atoms with van der Waals surface area (Å²) in [5.74, 6) is -1.54. The first kappa shape index (κ1) is 18.8. The number of rotatable bonds is 7.